The molecule has 1 aromatic heterocycles. The maximum atomic E-state index is 10.2. The Bertz CT molecular complexity index is 583. The predicted molar refractivity (Wildman–Crippen MR) is 83.0 cm³/mol. The fourth-order valence-electron chi connectivity index (χ4n) is 2.95. The normalized spacial score (nSPS) is 24.9. The molecule has 1 fully saturated rings. The molecule has 0 bridgehead atoms. The van der Waals surface area contributed by atoms with E-state index in [4.69, 9.17) is 0 Å². The zero-order valence-corrected chi connectivity index (χ0v) is 12.4. The van der Waals surface area contributed by atoms with Gasteiger partial charge in [-0.3, -0.25) is 4.90 Å². The minimum atomic E-state index is -0.870. The van der Waals surface area contributed by atoms with Gasteiger partial charge in [0.1, 0.15) is 0 Å². The fourth-order valence-corrected chi connectivity index (χ4v) is 3.90. The predicted octanol–water partition coefficient (Wildman–Crippen LogP) is 2.61. The molecule has 0 aliphatic carbocycles. The van der Waals surface area contributed by atoms with Gasteiger partial charge in [0.2, 0.25) is 0 Å². The number of benzene rings is 1. The summed E-state index contributed by atoms with van der Waals surface area (Å²) in [5.41, 5.74) is 0.505. The van der Waals surface area contributed by atoms with Crippen molar-refractivity contribution in [3.63, 3.8) is 0 Å². The maximum Gasteiger partial charge on any atom is 0.0890 e. The smallest absolute Gasteiger partial charge is 0.0890 e. The highest BCUT2D eigenvalue weighted by atomic mass is 32.1. The Kier molecular flexibility index (Phi) is 4.08. The molecule has 0 radical (unpaired) electrons. The molecule has 2 heterocycles. The summed E-state index contributed by atoms with van der Waals surface area (Å²) >= 11 is 1.80. The highest BCUT2D eigenvalue weighted by Gasteiger charge is 2.29. The number of thiophene rings is 1. The molecule has 4 heteroatoms. The average molecular weight is 291 g/mol. The second kappa shape index (κ2) is 5.82. The van der Waals surface area contributed by atoms with Gasteiger partial charge in [0.15, 0.2) is 0 Å². The lowest BCUT2D eigenvalue weighted by Crippen LogP contribution is -2.34. The highest BCUT2D eigenvalue weighted by Crippen LogP contribution is 2.28. The van der Waals surface area contributed by atoms with E-state index in [1.54, 1.807) is 11.3 Å². The Morgan fingerprint density at radius 2 is 2.05 bits per heavy atom. The number of likely N-dealkylation sites (tertiary alicyclic amines) is 1. The molecule has 1 aliphatic heterocycles. The van der Waals surface area contributed by atoms with Crippen LogP contribution in [0, 0.1) is 0 Å². The topological polar surface area (TPSA) is 43.7 Å². The third kappa shape index (κ3) is 2.88. The summed E-state index contributed by atoms with van der Waals surface area (Å²) in [5, 5.41) is 23.1. The van der Waals surface area contributed by atoms with E-state index in [0.717, 1.165) is 26.1 Å². The van der Waals surface area contributed by atoms with Crippen LogP contribution < -0.4 is 0 Å². The van der Waals surface area contributed by atoms with Crippen molar-refractivity contribution < 1.29 is 10.2 Å². The van der Waals surface area contributed by atoms with E-state index in [-0.39, 0.29) is 6.61 Å². The molecule has 0 amide bonds. The summed E-state index contributed by atoms with van der Waals surface area (Å²) in [4.78, 5) is 2.39. The van der Waals surface area contributed by atoms with Crippen LogP contribution in [0.1, 0.15) is 24.8 Å². The number of rotatable bonds is 3. The van der Waals surface area contributed by atoms with Crippen LogP contribution >= 0.6 is 11.3 Å². The van der Waals surface area contributed by atoms with Crippen LogP contribution in [0.3, 0.4) is 0 Å². The molecule has 3 rings (SSSR count). The molecule has 1 atom stereocenters. The summed E-state index contributed by atoms with van der Waals surface area (Å²) in [6.45, 7) is 2.65. The molecule has 1 saturated heterocycles. The first kappa shape index (κ1) is 14.0. The lowest BCUT2D eigenvalue weighted by atomic mass is 9.96. The molecule has 1 aromatic carbocycles. The minimum absolute atomic E-state index is 0.123. The van der Waals surface area contributed by atoms with E-state index in [2.05, 4.69) is 34.5 Å². The van der Waals surface area contributed by atoms with Gasteiger partial charge in [0, 0.05) is 17.8 Å². The third-order valence-electron chi connectivity index (χ3n) is 4.26. The van der Waals surface area contributed by atoms with E-state index in [9.17, 15) is 10.2 Å². The van der Waals surface area contributed by atoms with Crippen LogP contribution in [0.2, 0.25) is 0 Å². The average Bonchev–Trinajstić information content (AvgIpc) is 2.78. The van der Waals surface area contributed by atoms with Gasteiger partial charge in [0.05, 0.1) is 12.2 Å². The highest BCUT2D eigenvalue weighted by molar-refractivity contribution is 7.17. The number of hydrogen-bond acceptors (Lipinski definition) is 4. The SMILES string of the molecule is OCC1(O)CCCN(Cc2csc3ccccc23)CC1. The lowest BCUT2D eigenvalue weighted by molar-refractivity contribution is -0.0255. The maximum absolute atomic E-state index is 10.2. The number of nitrogens with zero attached hydrogens (tertiary/aromatic N) is 1. The molecule has 2 aromatic rings. The molecular formula is C16H21NO2S. The third-order valence-corrected chi connectivity index (χ3v) is 5.27. The number of aliphatic hydroxyl groups excluding tert-OH is 1. The number of fused-ring (bicyclic) bond motifs is 1. The van der Waals surface area contributed by atoms with E-state index in [0.29, 0.717) is 12.8 Å². The molecule has 108 valence electrons. The largest absolute Gasteiger partial charge is 0.393 e. The van der Waals surface area contributed by atoms with Gasteiger partial charge in [-0.15, -0.1) is 11.3 Å². The van der Waals surface area contributed by atoms with E-state index in [1.807, 2.05) is 0 Å². The van der Waals surface area contributed by atoms with Crippen LogP contribution in [-0.2, 0) is 6.54 Å². The molecular weight excluding hydrogens is 270 g/mol. The molecule has 20 heavy (non-hydrogen) atoms. The van der Waals surface area contributed by atoms with Gasteiger partial charge in [-0.25, -0.2) is 0 Å². The van der Waals surface area contributed by atoms with Crippen LogP contribution in [0.15, 0.2) is 29.6 Å². The Labute approximate surface area is 123 Å². The van der Waals surface area contributed by atoms with Crippen LogP contribution in [0.5, 0.6) is 0 Å². The fraction of sp³-hybridized carbons (Fsp3) is 0.500. The van der Waals surface area contributed by atoms with Crippen LogP contribution in [0.4, 0.5) is 0 Å². The van der Waals surface area contributed by atoms with Crippen molar-refractivity contribution >= 4 is 21.4 Å². The quantitative estimate of drug-likeness (QED) is 0.913. The summed E-state index contributed by atoms with van der Waals surface area (Å²) in [6.07, 6.45) is 2.30. The Morgan fingerprint density at radius 3 is 2.90 bits per heavy atom. The minimum Gasteiger partial charge on any atom is -0.393 e. The van der Waals surface area contributed by atoms with Crippen molar-refractivity contribution in [2.75, 3.05) is 19.7 Å². The summed E-state index contributed by atoms with van der Waals surface area (Å²) in [5.74, 6) is 0. The van der Waals surface area contributed by atoms with Crippen LogP contribution in [0.25, 0.3) is 10.1 Å². The molecule has 3 nitrogen and oxygen atoms in total. The van der Waals surface area contributed by atoms with E-state index in [1.165, 1.54) is 15.6 Å². The summed E-state index contributed by atoms with van der Waals surface area (Å²) in [7, 11) is 0. The van der Waals surface area contributed by atoms with Crippen LogP contribution in [-0.4, -0.2) is 40.4 Å². The monoisotopic (exact) mass is 291 g/mol. The van der Waals surface area contributed by atoms with Crippen molar-refractivity contribution in [1.29, 1.82) is 0 Å². The first-order valence-electron chi connectivity index (χ1n) is 7.21. The first-order chi connectivity index (χ1) is 9.70. The second-order valence-electron chi connectivity index (χ2n) is 5.77. The number of aliphatic hydroxyl groups is 2. The van der Waals surface area contributed by atoms with Crippen molar-refractivity contribution in [3.05, 3.63) is 35.2 Å². The zero-order chi connectivity index (χ0) is 14.0. The molecule has 1 unspecified atom stereocenters. The second-order valence-corrected chi connectivity index (χ2v) is 6.68. The molecule has 2 N–H and O–H groups in total. The number of hydrogen-bond donors (Lipinski definition) is 2. The lowest BCUT2D eigenvalue weighted by Gasteiger charge is -2.24. The van der Waals surface area contributed by atoms with Crippen molar-refractivity contribution in [3.8, 4) is 0 Å². The summed E-state index contributed by atoms with van der Waals surface area (Å²) in [6, 6.07) is 8.51. The van der Waals surface area contributed by atoms with Crippen molar-refractivity contribution in [2.45, 2.75) is 31.4 Å². The molecule has 0 spiro atoms. The first-order valence-corrected chi connectivity index (χ1v) is 8.09. The Morgan fingerprint density at radius 1 is 1.20 bits per heavy atom. The van der Waals surface area contributed by atoms with Gasteiger partial charge in [0.25, 0.3) is 0 Å². The van der Waals surface area contributed by atoms with E-state index >= 15 is 0 Å². The van der Waals surface area contributed by atoms with E-state index < -0.39 is 5.60 Å². The zero-order valence-electron chi connectivity index (χ0n) is 11.6. The van der Waals surface area contributed by atoms with Crippen molar-refractivity contribution in [2.24, 2.45) is 0 Å². The standard InChI is InChI=1S/C16H21NO2S/c18-12-16(19)6-3-8-17(9-7-16)10-13-11-20-15-5-2-1-4-14(13)15/h1-2,4-5,11,18-19H,3,6-10,12H2. The summed E-state index contributed by atoms with van der Waals surface area (Å²) < 4.78 is 1.34. The molecule has 1 aliphatic rings. The van der Waals surface area contributed by atoms with Gasteiger partial charge >= 0.3 is 0 Å². The van der Waals surface area contributed by atoms with Crippen molar-refractivity contribution in [1.82, 2.24) is 4.90 Å². The van der Waals surface area contributed by atoms with Gasteiger partial charge in [-0.2, -0.15) is 0 Å². The van der Waals surface area contributed by atoms with Gasteiger partial charge in [-0.05, 0) is 48.2 Å². The van der Waals surface area contributed by atoms with Gasteiger partial charge in [-0.1, -0.05) is 18.2 Å². The molecule has 0 saturated carbocycles. The Balaban J connectivity index is 1.72. The Hall–Kier alpha value is -0.940. The van der Waals surface area contributed by atoms with Gasteiger partial charge < -0.3 is 10.2 Å².